The molecule has 1 unspecified atom stereocenters. The highest BCUT2D eigenvalue weighted by Gasteiger charge is 2.25. The molecule has 94 valence electrons. The van der Waals surface area contributed by atoms with E-state index in [1.54, 1.807) is 0 Å². The topological polar surface area (TPSA) is 38.8 Å². The van der Waals surface area contributed by atoms with Crippen molar-refractivity contribution in [1.29, 1.82) is 0 Å². The summed E-state index contributed by atoms with van der Waals surface area (Å²) in [4.78, 5) is 11.5. The maximum absolute atomic E-state index is 11.5. The first-order valence-electron chi connectivity index (χ1n) is 5.22. The molecule has 1 aromatic rings. The van der Waals surface area contributed by atoms with Crippen molar-refractivity contribution in [2.45, 2.75) is 12.6 Å². The number of methoxy groups -OCH3 is 2. The second-order valence-corrected chi connectivity index (χ2v) is 3.97. The molecule has 0 radical (unpaired) electrons. The minimum Gasteiger partial charge on any atom is -0.468 e. The maximum Gasteiger partial charge on any atom is 0.326 e. The SMILES string of the molecule is COCC(C(=O)OC)N(Cl)Cc1ccccc1. The molecule has 0 saturated carbocycles. The first kappa shape index (κ1) is 14.0. The zero-order valence-corrected chi connectivity index (χ0v) is 10.7. The Balaban J connectivity index is 2.65. The van der Waals surface area contributed by atoms with Gasteiger partial charge in [-0.3, -0.25) is 4.79 Å². The Morgan fingerprint density at radius 2 is 2.00 bits per heavy atom. The van der Waals surface area contributed by atoms with Crippen LogP contribution in [0.3, 0.4) is 0 Å². The van der Waals surface area contributed by atoms with Crippen molar-refractivity contribution in [3.8, 4) is 0 Å². The average Bonchev–Trinajstić information content (AvgIpc) is 2.36. The van der Waals surface area contributed by atoms with Gasteiger partial charge in [0, 0.05) is 13.7 Å². The molecule has 0 aliphatic carbocycles. The van der Waals surface area contributed by atoms with Crippen LogP contribution in [0.1, 0.15) is 5.56 Å². The largest absolute Gasteiger partial charge is 0.468 e. The van der Waals surface area contributed by atoms with E-state index >= 15 is 0 Å². The highest BCUT2D eigenvalue weighted by atomic mass is 35.5. The molecule has 0 saturated heterocycles. The molecule has 4 nitrogen and oxygen atoms in total. The smallest absolute Gasteiger partial charge is 0.326 e. The van der Waals surface area contributed by atoms with Gasteiger partial charge in [0.2, 0.25) is 0 Å². The van der Waals surface area contributed by atoms with Gasteiger partial charge in [0.15, 0.2) is 0 Å². The van der Waals surface area contributed by atoms with Crippen molar-refractivity contribution in [1.82, 2.24) is 4.42 Å². The Morgan fingerprint density at radius 3 is 2.53 bits per heavy atom. The minimum absolute atomic E-state index is 0.197. The molecule has 0 bridgehead atoms. The molecule has 5 heteroatoms. The average molecular weight is 258 g/mol. The van der Waals surface area contributed by atoms with Crippen molar-refractivity contribution < 1.29 is 14.3 Å². The highest BCUT2D eigenvalue weighted by molar-refractivity contribution is 6.14. The van der Waals surface area contributed by atoms with Gasteiger partial charge in [0.25, 0.3) is 0 Å². The summed E-state index contributed by atoms with van der Waals surface area (Å²) >= 11 is 6.09. The molecule has 0 aromatic heterocycles. The molecule has 0 spiro atoms. The lowest BCUT2D eigenvalue weighted by Gasteiger charge is -2.22. The van der Waals surface area contributed by atoms with E-state index in [2.05, 4.69) is 4.74 Å². The quantitative estimate of drug-likeness (QED) is 0.576. The third-order valence-electron chi connectivity index (χ3n) is 2.31. The first-order chi connectivity index (χ1) is 8.19. The highest BCUT2D eigenvalue weighted by Crippen LogP contribution is 2.12. The number of carbonyl (C=O) groups is 1. The molecule has 1 atom stereocenters. The van der Waals surface area contributed by atoms with Gasteiger partial charge in [-0.1, -0.05) is 30.3 Å². The number of hydrogen-bond donors (Lipinski definition) is 0. The van der Waals surface area contributed by atoms with Gasteiger partial charge in [-0.15, -0.1) is 0 Å². The van der Waals surface area contributed by atoms with Crippen LogP contribution in [-0.4, -0.2) is 37.3 Å². The van der Waals surface area contributed by atoms with Gasteiger partial charge in [-0.25, -0.2) is 0 Å². The number of carbonyl (C=O) groups excluding carboxylic acids is 1. The maximum atomic E-state index is 11.5. The van der Waals surface area contributed by atoms with Gasteiger partial charge < -0.3 is 9.47 Å². The lowest BCUT2D eigenvalue weighted by Crippen LogP contribution is -2.39. The van der Waals surface area contributed by atoms with Crippen LogP contribution in [0.4, 0.5) is 0 Å². The van der Waals surface area contributed by atoms with E-state index in [1.165, 1.54) is 18.6 Å². The molecule has 1 aromatic carbocycles. The van der Waals surface area contributed by atoms with Gasteiger partial charge >= 0.3 is 5.97 Å². The van der Waals surface area contributed by atoms with E-state index < -0.39 is 12.0 Å². The zero-order valence-electron chi connectivity index (χ0n) is 9.93. The Kier molecular flexibility index (Phi) is 5.97. The molecule has 0 heterocycles. The second-order valence-electron chi connectivity index (χ2n) is 3.54. The van der Waals surface area contributed by atoms with E-state index in [0.29, 0.717) is 6.54 Å². The van der Waals surface area contributed by atoms with Crippen molar-refractivity contribution in [2.75, 3.05) is 20.8 Å². The summed E-state index contributed by atoms with van der Waals surface area (Å²) in [5, 5.41) is 0. The molecule has 0 N–H and O–H groups in total. The summed E-state index contributed by atoms with van der Waals surface area (Å²) in [7, 11) is 2.85. The molecule has 0 aliphatic heterocycles. The predicted molar refractivity (Wildman–Crippen MR) is 65.5 cm³/mol. The fourth-order valence-electron chi connectivity index (χ4n) is 1.43. The standard InChI is InChI=1S/C12H16ClNO3/c1-16-9-11(12(15)17-2)14(13)8-10-6-4-3-5-7-10/h3-7,11H,8-9H2,1-2H3. The number of halogens is 1. The molecule has 17 heavy (non-hydrogen) atoms. The molecular weight excluding hydrogens is 242 g/mol. The second kappa shape index (κ2) is 7.27. The van der Waals surface area contributed by atoms with Crippen LogP contribution in [0.2, 0.25) is 0 Å². The van der Waals surface area contributed by atoms with Crippen molar-refractivity contribution in [3.63, 3.8) is 0 Å². The van der Waals surface area contributed by atoms with E-state index in [0.717, 1.165) is 5.56 Å². The predicted octanol–water partition coefficient (Wildman–Crippen LogP) is 1.83. The molecule has 0 amide bonds. The van der Waals surface area contributed by atoms with Crippen LogP contribution in [0.25, 0.3) is 0 Å². The number of benzene rings is 1. The minimum atomic E-state index is -0.605. The van der Waals surface area contributed by atoms with Crippen LogP contribution >= 0.6 is 11.8 Å². The van der Waals surface area contributed by atoms with Crippen LogP contribution in [0.5, 0.6) is 0 Å². The van der Waals surface area contributed by atoms with Crippen LogP contribution < -0.4 is 0 Å². The Hall–Kier alpha value is -1.10. The Labute approximate surface area is 106 Å². The molecule has 1 rings (SSSR count). The third kappa shape index (κ3) is 4.34. The molecule has 0 fully saturated rings. The lowest BCUT2D eigenvalue weighted by molar-refractivity contribution is -0.147. The summed E-state index contributed by atoms with van der Waals surface area (Å²) in [6.45, 7) is 0.647. The zero-order chi connectivity index (χ0) is 12.7. The number of esters is 1. The normalized spacial score (nSPS) is 12.5. The molecule has 0 aliphatic rings. The van der Waals surface area contributed by atoms with E-state index in [4.69, 9.17) is 16.5 Å². The summed E-state index contributed by atoms with van der Waals surface area (Å²) in [5.74, 6) is -0.405. The van der Waals surface area contributed by atoms with Crippen molar-refractivity contribution >= 4 is 17.7 Å². The van der Waals surface area contributed by atoms with Crippen LogP contribution in [0.15, 0.2) is 30.3 Å². The van der Waals surface area contributed by atoms with Gasteiger partial charge in [0.05, 0.1) is 13.7 Å². The third-order valence-corrected chi connectivity index (χ3v) is 2.67. The lowest BCUT2D eigenvalue weighted by atomic mass is 10.2. The Bertz CT molecular complexity index is 345. The van der Waals surface area contributed by atoms with E-state index in [1.807, 2.05) is 30.3 Å². The number of nitrogens with zero attached hydrogens (tertiary/aromatic N) is 1. The van der Waals surface area contributed by atoms with Crippen molar-refractivity contribution in [2.24, 2.45) is 0 Å². The van der Waals surface area contributed by atoms with Crippen LogP contribution in [-0.2, 0) is 20.8 Å². The van der Waals surface area contributed by atoms with E-state index in [-0.39, 0.29) is 6.61 Å². The van der Waals surface area contributed by atoms with Gasteiger partial charge in [-0.2, -0.15) is 4.42 Å². The van der Waals surface area contributed by atoms with Gasteiger partial charge in [0.1, 0.15) is 6.04 Å². The summed E-state index contributed by atoms with van der Waals surface area (Å²) in [6, 6.07) is 9.04. The first-order valence-corrected chi connectivity index (χ1v) is 5.56. The van der Waals surface area contributed by atoms with E-state index in [9.17, 15) is 4.79 Å². The molecular formula is C12H16ClNO3. The van der Waals surface area contributed by atoms with Crippen LogP contribution in [0, 0.1) is 0 Å². The van der Waals surface area contributed by atoms with Gasteiger partial charge in [-0.05, 0) is 17.3 Å². The fourth-order valence-corrected chi connectivity index (χ4v) is 1.70. The number of hydrogen-bond acceptors (Lipinski definition) is 4. The summed E-state index contributed by atoms with van der Waals surface area (Å²) < 4.78 is 11.0. The fraction of sp³-hybridized carbons (Fsp3) is 0.417. The Morgan fingerprint density at radius 1 is 1.35 bits per heavy atom. The summed E-state index contributed by atoms with van der Waals surface area (Å²) in [5.41, 5.74) is 1.02. The number of ether oxygens (including phenoxy) is 2. The van der Waals surface area contributed by atoms with Crippen molar-refractivity contribution in [3.05, 3.63) is 35.9 Å². The number of rotatable bonds is 6. The monoisotopic (exact) mass is 257 g/mol. The summed E-state index contributed by atoms with van der Waals surface area (Å²) in [6.07, 6.45) is 0.